The average Bonchev–Trinajstić information content (AvgIpc) is 2.27. The molecule has 104 valence electrons. The smallest absolute Gasteiger partial charge is 0.480 e. The number of carbonyl (C=O) groups excluding carboxylic acids is 1. The molecule has 0 spiro atoms. The van der Waals surface area contributed by atoms with Crippen LogP contribution >= 0.6 is 0 Å². The van der Waals surface area contributed by atoms with Crippen LogP contribution in [0, 0.1) is 0 Å². The zero-order valence-corrected chi connectivity index (χ0v) is 9.69. The Balaban J connectivity index is 2.71. The Morgan fingerprint density at radius 3 is 2.21 bits per heavy atom. The first-order valence-electron chi connectivity index (χ1n) is 5.08. The van der Waals surface area contributed by atoms with Crippen molar-refractivity contribution in [2.24, 2.45) is 0 Å². The van der Waals surface area contributed by atoms with Gasteiger partial charge in [-0.1, -0.05) is 0 Å². The zero-order chi connectivity index (χ0) is 14.6. The normalized spacial score (nSPS) is 12.6. The first-order chi connectivity index (χ1) is 8.69. The lowest BCUT2D eigenvalue weighted by atomic mass is 10.2. The number of nitrogens with one attached hydrogen (secondary N) is 1. The summed E-state index contributed by atoms with van der Waals surface area (Å²) in [6, 6.07) is 3.04. The van der Waals surface area contributed by atoms with Crippen molar-refractivity contribution in [3.8, 4) is 5.75 Å². The second-order valence-electron chi connectivity index (χ2n) is 3.61. The number of aliphatic carboxylic acids is 1. The molecule has 1 aromatic carbocycles. The molecule has 0 bridgehead atoms. The number of ether oxygens (including phenoxy) is 1. The Morgan fingerprint density at radius 1 is 1.26 bits per heavy atom. The molecule has 0 aromatic heterocycles. The molecule has 5 nitrogen and oxygen atoms in total. The summed E-state index contributed by atoms with van der Waals surface area (Å²) in [6.45, 7) is 1.27. The molecule has 1 atom stereocenters. The van der Waals surface area contributed by atoms with E-state index in [0.29, 0.717) is 0 Å². The van der Waals surface area contributed by atoms with Gasteiger partial charge in [-0.15, -0.1) is 13.2 Å². The van der Waals surface area contributed by atoms with Crippen LogP contribution < -0.4 is 10.1 Å². The van der Waals surface area contributed by atoms with E-state index in [1.807, 2.05) is 0 Å². The van der Waals surface area contributed by atoms with E-state index in [1.54, 1.807) is 0 Å². The molecule has 1 amide bonds. The predicted octanol–water partition coefficient (Wildman–Crippen LogP) is 1.79. The predicted molar refractivity (Wildman–Crippen MR) is 57.7 cm³/mol. The molecular formula is C11H10F3NO4. The molecule has 0 fully saturated rings. The molecule has 0 aliphatic heterocycles. The van der Waals surface area contributed by atoms with Gasteiger partial charge in [-0.25, -0.2) is 0 Å². The Labute approximate surface area is 106 Å². The summed E-state index contributed by atoms with van der Waals surface area (Å²) in [6.07, 6.45) is -4.80. The maximum atomic E-state index is 11.9. The lowest BCUT2D eigenvalue weighted by Crippen LogP contribution is -2.38. The number of carboxylic acids is 1. The first kappa shape index (κ1) is 14.8. The van der Waals surface area contributed by atoms with Gasteiger partial charge in [0.2, 0.25) is 0 Å². The Hall–Kier alpha value is -2.25. The molecule has 0 aliphatic rings. The molecule has 0 unspecified atom stereocenters. The van der Waals surface area contributed by atoms with E-state index in [9.17, 15) is 22.8 Å². The van der Waals surface area contributed by atoms with Crippen molar-refractivity contribution >= 4 is 11.9 Å². The molecule has 0 heterocycles. The third-order valence-electron chi connectivity index (χ3n) is 2.07. The van der Waals surface area contributed by atoms with Crippen LogP contribution in [-0.2, 0) is 4.79 Å². The number of alkyl halides is 3. The number of hydrogen-bond acceptors (Lipinski definition) is 3. The van der Waals surface area contributed by atoms with Crippen LogP contribution in [0.25, 0.3) is 0 Å². The van der Waals surface area contributed by atoms with Gasteiger partial charge in [-0.05, 0) is 31.2 Å². The number of benzene rings is 1. The van der Waals surface area contributed by atoms with Crippen LogP contribution in [0.2, 0.25) is 0 Å². The monoisotopic (exact) mass is 277 g/mol. The van der Waals surface area contributed by atoms with Crippen molar-refractivity contribution in [1.82, 2.24) is 5.32 Å². The maximum Gasteiger partial charge on any atom is 0.573 e. The molecule has 0 aliphatic carbocycles. The summed E-state index contributed by atoms with van der Waals surface area (Å²) in [5, 5.41) is 10.8. The summed E-state index contributed by atoms with van der Waals surface area (Å²) in [7, 11) is 0. The van der Waals surface area contributed by atoms with Crippen molar-refractivity contribution in [2.75, 3.05) is 0 Å². The number of rotatable bonds is 4. The molecular weight excluding hydrogens is 267 g/mol. The molecule has 8 heteroatoms. The third-order valence-corrected chi connectivity index (χ3v) is 2.07. The van der Waals surface area contributed by atoms with Gasteiger partial charge < -0.3 is 15.2 Å². The van der Waals surface area contributed by atoms with Crippen molar-refractivity contribution < 1.29 is 32.6 Å². The van der Waals surface area contributed by atoms with Gasteiger partial charge in [-0.2, -0.15) is 0 Å². The Morgan fingerprint density at radius 2 is 1.79 bits per heavy atom. The highest BCUT2D eigenvalue weighted by atomic mass is 19.4. The number of hydrogen-bond donors (Lipinski definition) is 2. The highest BCUT2D eigenvalue weighted by Gasteiger charge is 2.31. The number of carbonyl (C=O) groups is 2. The highest BCUT2D eigenvalue weighted by Crippen LogP contribution is 2.22. The zero-order valence-electron chi connectivity index (χ0n) is 9.69. The fourth-order valence-corrected chi connectivity index (χ4v) is 1.15. The quantitative estimate of drug-likeness (QED) is 0.879. The second-order valence-corrected chi connectivity index (χ2v) is 3.61. The lowest BCUT2D eigenvalue weighted by Gasteiger charge is -2.11. The highest BCUT2D eigenvalue weighted by molar-refractivity contribution is 5.96. The van der Waals surface area contributed by atoms with Crippen molar-refractivity contribution in [3.05, 3.63) is 29.8 Å². The number of amides is 1. The molecule has 1 rings (SSSR count). The third kappa shape index (κ3) is 4.86. The first-order valence-corrected chi connectivity index (χ1v) is 5.08. The standard InChI is InChI=1S/C11H10F3NO4/c1-6(10(17)18)15-9(16)7-2-4-8(5-3-7)19-11(12,13)14/h2-6H,1H3,(H,15,16)(H,17,18)/t6-/m1/s1. The van der Waals surface area contributed by atoms with Crippen LogP contribution in [-0.4, -0.2) is 29.4 Å². The van der Waals surface area contributed by atoms with Gasteiger partial charge >= 0.3 is 12.3 Å². The lowest BCUT2D eigenvalue weighted by molar-refractivity contribution is -0.274. The summed E-state index contributed by atoms with van der Waals surface area (Å²) in [5.41, 5.74) is 0.0302. The average molecular weight is 277 g/mol. The van der Waals surface area contributed by atoms with Crippen LogP contribution in [0.1, 0.15) is 17.3 Å². The molecule has 2 N–H and O–H groups in total. The molecule has 0 saturated heterocycles. The summed E-state index contributed by atoms with van der Waals surface area (Å²) >= 11 is 0. The van der Waals surface area contributed by atoms with E-state index in [4.69, 9.17) is 5.11 Å². The maximum absolute atomic E-state index is 11.9. The molecule has 0 radical (unpaired) electrons. The minimum absolute atomic E-state index is 0.0302. The Kier molecular flexibility index (Phi) is 4.36. The summed E-state index contributed by atoms with van der Waals surface area (Å²) in [4.78, 5) is 22.0. The largest absolute Gasteiger partial charge is 0.573 e. The van der Waals surface area contributed by atoms with E-state index < -0.39 is 30.0 Å². The van der Waals surface area contributed by atoms with Gasteiger partial charge in [-0.3, -0.25) is 9.59 Å². The van der Waals surface area contributed by atoms with Crippen molar-refractivity contribution in [2.45, 2.75) is 19.3 Å². The van der Waals surface area contributed by atoms with Gasteiger partial charge in [0.25, 0.3) is 5.91 Å². The Bertz CT molecular complexity index is 470. The van der Waals surface area contributed by atoms with E-state index in [-0.39, 0.29) is 5.56 Å². The van der Waals surface area contributed by atoms with Gasteiger partial charge in [0.05, 0.1) is 0 Å². The molecule has 1 aromatic rings. The van der Waals surface area contributed by atoms with Crippen molar-refractivity contribution in [1.29, 1.82) is 0 Å². The van der Waals surface area contributed by atoms with E-state index in [0.717, 1.165) is 24.3 Å². The van der Waals surface area contributed by atoms with Crippen LogP contribution in [0.3, 0.4) is 0 Å². The number of carboxylic acid groups (broad SMARTS) is 1. The van der Waals surface area contributed by atoms with E-state index >= 15 is 0 Å². The minimum Gasteiger partial charge on any atom is -0.480 e. The summed E-state index contributed by atoms with van der Waals surface area (Å²) in [5.74, 6) is -2.38. The van der Waals surface area contributed by atoms with Gasteiger partial charge in [0.15, 0.2) is 0 Å². The van der Waals surface area contributed by atoms with E-state index in [2.05, 4.69) is 10.1 Å². The van der Waals surface area contributed by atoms with Crippen LogP contribution in [0.15, 0.2) is 24.3 Å². The topological polar surface area (TPSA) is 75.6 Å². The fourth-order valence-electron chi connectivity index (χ4n) is 1.15. The van der Waals surface area contributed by atoms with Gasteiger partial charge in [0, 0.05) is 5.56 Å². The molecule has 19 heavy (non-hydrogen) atoms. The fraction of sp³-hybridized carbons (Fsp3) is 0.273. The van der Waals surface area contributed by atoms with Crippen molar-refractivity contribution in [3.63, 3.8) is 0 Å². The SMILES string of the molecule is C[C@@H](NC(=O)c1ccc(OC(F)(F)F)cc1)C(=O)O. The van der Waals surface area contributed by atoms with E-state index in [1.165, 1.54) is 6.92 Å². The second kappa shape index (κ2) is 5.59. The van der Waals surface area contributed by atoms with Crippen LogP contribution in [0.4, 0.5) is 13.2 Å². The minimum atomic E-state index is -4.80. The number of halogens is 3. The molecule has 0 saturated carbocycles. The van der Waals surface area contributed by atoms with Crippen LogP contribution in [0.5, 0.6) is 5.75 Å². The van der Waals surface area contributed by atoms with Gasteiger partial charge in [0.1, 0.15) is 11.8 Å². The summed E-state index contributed by atoms with van der Waals surface area (Å²) < 4.78 is 39.3.